The minimum atomic E-state index is -0.512. The number of carbonyl (C=O) groups excluding carboxylic acids is 2. The van der Waals surface area contributed by atoms with Crippen LogP contribution in [0.15, 0.2) is 55.0 Å². The molecule has 186 valence electrons. The van der Waals surface area contributed by atoms with Crippen molar-refractivity contribution in [1.82, 2.24) is 19.4 Å². The number of rotatable bonds is 6. The van der Waals surface area contributed by atoms with Crippen LogP contribution >= 0.6 is 12.4 Å². The molecule has 2 heterocycles. The van der Waals surface area contributed by atoms with Crippen molar-refractivity contribution in [3.05, 3.63) is 71.9 Å². The molecule has 1 aliphatic heterocycles. The number of benzene rings is 2. The average Bonchev–Trinajstić information content (AvgIpc) is 3.35. The number of carbonyl (C=O) groups is 2. The number of ether oxygens (including phenoxy) is 1. The molecule has 4 rings (SSSR count). The van der Waals surface area contributed by atoms with Gasteiger partial charge >= 0.3 is 6.03 Å². The second kappa shape index (κ2) is 11.3. The van der Waals surface area contributed by atoms with E-state index in [1.807, 2.05) is 6.07 Å². The predicted molar refractivity (Wildman–Crippen MR) is 133 cm³/mol. The Balaban J connectivity index is 0.00000342. The van der Waals surface area contributed by atoms with Gasteiger partial charge in [-0.15, -0.1) is 12.4 Å². The maximum atomic E-state index is 13.7. The normalized spacial score (nSPS) is 14.3. The van der Waals surface area contributed by atoms with E-state index >= 15 is 0 Å². The molecular formula is C25H29ClFN5O3. The molecule has 0 unspecified atom stereocenters. The summed E-state index contributed by atoms with van der Waals surface area (Å²) in [6, 6.07) is 11.7. The van der Waals surface area contributed by atoms with Gasteiger partial charge in [-0.2, -0.15) is 0 Å². The molecule has 1 aliphatic rings. The number of methoxy groups -OCH3 is 1. The summed E-state index contributed by atoms with van der Waals surface area (Å²) in [7, 11) is 3.27. The first-order valence-electron chi connectivity index (χ1n) is 11.1. The lowest BCUT2D eigenvalue weighted by atomic mass is 10.0. The summed E-state index contributed by atoms with van der Waals surface area (Å²) in [6.45, 7) is 2.37. The SMILES string of the molecule is COc1cc(CN2CCC(N(C)C(=O)n3cnc(-c4cccc(C(N)=O)c4)c3)CC2)ccc1F.Cl. The first-order valence-corrected chi connectivity index (χ1v) is 11.1. The minimum absolute atomic E-state index is 0. The highest BCUT2D eigenvalue weighted by atomic mass is 35.5. The van der Waals surface area contributed by atoms with E-state index < -0.39 is 5.91 Å². The van der Waals surface area contributed by atoms with E-state index in [0.717, 1.165) is 37.1 Å². The van der Waals surface area contributed by atoms with Crippen molar-refractivity contribution in [2.45, 2.75) is 25.4 Å². The van der Waals surface area contributed by atoms with Crippen LogP contribution in [0.5, 0.6) is 5.75 Å². The van der Waals surface area contributed by atoms with Gasteiger partial charge in [-0.1, -0.05) is 18.2 Å². The number of nitrogens with zero attached hydrogens (tertiary/aromatic N) is 4. The maximum Gasteiger partial charge on any atom is 0.329 e. The summed E-state index contributed by atoms with van der Waals surface area (Å²) in [5.74, 6) is -0.630. The highest BCUT2D eigenvalue weighted by molar-refractivity contribution is 5.94. The molecule has 2 amide bonds. The van der Waals surface area contributed by atoms with Crippen LogP contribution in [0.1, 0.15) is 28.8 Å². The lowest BCUT2D eigenvalue weighted by Gasteiger charge is -2.36. The Hall–Kier alpha value is -3.43. The van der Waals surface area contributed by atoms with Gasteiger partial charge < -0.3 is 15.4 Å². The van der Waals surface area contributed by atoms with Gasteiger partial charge in [0.25, 0.3) is 0 Å². The van der Waals surface area contributed by atoms with E-state index in [0.29, 0.717) is 17.8 Å². The molecule has 35 heavy (non-hydrogen) atoms. The standard InChI is InChI=1S/C25H28FN5O3.ClH/c1-29(20-8-10-30(11-9-20)14-17-6-7-21(26)23(12-17)34-2)25(33)31-15-22(28-16-31)18-4-3-5-19(13-18)24(27)32;/h3-7,12-13,15-16,20H,8-11,14H2,1-2H3,(H2,27,32);1H. The topological polar surface area (TPSA) is 93.7 Å². The molecule has 0 radical (unpaired) electrons. The zero-order chi connectivity index (χ0) is 24.2. The average molecular weight is 502 g/mol. The summed E-state index contributed by atoms with van der Waals surface area (Å²) in [6.07, 6.45) is 4.82. The zero-order valence-corrected chi connectivity index (χ0v) is 20.5. The quantitative estimate of drug-likeness (QED) is 0.554. The summed E-state index contributed by atoms with van der Waals surface area (Å²) < 4.78 is 20.2. The van der Waals surface area contributed by atoms with Crippen LogP contribution in [0.25, 0.3) is 11.3 Å². The number of hydrogen-bond donors (Lipinski definition) is 1. The van der Waals surface area contributed by atoms with Crippen LogP contribution in [0.2, 0.25) is 0 Å². The maximum absolute atomic E-state index is 13.7. The molecule has 1 fully saturated rings. The number of likely N-dealkylation sites (tertiary alicyclic amines) is 1. The monoisotopic (exact) mass is 501 g/mol. The van der Waals surface area contributed by atoms with Gasteiger partial charge in [0.05, 0.1) is 12.8 Å². The van der Waals surface area contributed by atoms with Gasteiger partial charge in [-0.3, -0.25) is 14.3 Å². The van der Waals surface area contributed by atoms with Crippen molar-refractivity contribution in [2.24, 2.45) is 5.73 Å². The molecule has 10 heteroatoms. The molecule has 8 nitrogen and oxygen atoms in total. The first-order chi connectivity index (χ1) is 16.4. The molecule has 3 aromatic rings. The Morgan fingerprint density at radius 3 is 2.63 bits per heavy atom. The van der Waals surface area contributed by atoms with Crippen molar-refractivity contribution in [1.29, 1.82) is 0 Å². The van der Waals surface area contributed by atoms with Crippen molar-refractivity contribution in [3.63, 3.8) is 0 Å². The zero-order valence-electron chi connectivity index (χ0n) is 19.7. The number of halogens is 2. The lowest BCUT2D eigenvalue weighted by molar-refractivity contribution is 0.1000. The number of amides is 2. The van der Waals surface area contributed by atoms with Crippen molar-refractivity contribution >= 4 is 24.3 Å². The van der Waals surface area contributed by atoms with Crippen LogP contribution in [-0.4, -0.2) is 64.6 Å². The number of primary amides is 1. The Kier molecular flexibility index (Phi) is 8.48. The fourth-order valence-corrected chi connectivity index (χ4v) is 4.27. The van der Waals surface area contributed by atoms with Crippen LogP contribution in [0.4, 0.5) is 9.18 Å². The van der Waals surface area contributed by atoms with Gasteiger partial charge in [0.1, 0.15) is 6.33 Å². The molecule has 0 aliphatic carbocycles. The van der Waals surface area contributed by atoms with E-state index in [4.69, 9.17) is 10.5 Å². The number of imidazole rings is 1. The van der Waals surface area contributed by atoms with E-state index in [2.05, 4.69) is 9.88 Å². The van der Waals surface area contributed by atoms with E-state index in [1.54, 1.807) is 48.5 Å². The van der Waals surface area contributed by atoms with Crippen molar-refractivity contribution < 1.29 is 18.7 Å². The summed E-state index contributed by atoms with van der Waals surface area (Å²) in [4.78, 5) is 32.9. The summed E-state index contributed by atoms with van der Waals surface area (Å²) in [5, 5.41) is 0. The highest BCUT2D eigenvalue weighted by Crippen LogP contribution is 2.23. The molecule has 2 N–H and O–H groups in total. The number of hydrogen-bond acceptors (Lipinski definition) is 5. The lowest BCUT2D eigenvalue weighted by Crippen LogP contribution is -2.46. The third kappa shape index (κ3) is 5.98. The molecule has 0 saturated carbocycles. The number of piperidine rings is 1. The smallest absolute Gasteiger partial charge is 0.329 e. The van der Waals surface area contributed by atoms with Gasteiger partial charge in [0, 0.05) is 50.0 Å². The third-order valence-electron chi connectivity index (χ3n) is 6.27. The number of aromatic nitrogens is 2. The van der Waals surface area contributed by atoms with Crippen LogP contribution in [0.3, 0.4) is 0 Å². The van der Waals surface area contributed by atoms with Crippen LogP contribution < -0.4 is 10.5 Å². The van der Waals surface area contributed by atoms with Gasteiger partial charge in [0.2, 0.25) is 5.91 Å². The Morgan fingerprint density at radius 2 is 1.94 bits per heavy atom. The van der Waals surface area contributed by atoms with E-state index in [1.165, 1.54) is 24.1 Å². The largest absolute Gasteiger partial charge is 0.494 e. The highest BCUT2D eigenvalue weighted by Gasteiger charge is 2.26. The third-order valence-corrected chi connectivity index (χ3v) is 6.27. The Labute approximate surface area is 209 Å². The Bertz CT molecular complexity index is 1190. The second-order valence-electron chi connectivity index (χ2n) is 8.48. The van der Waals surface area contributed by atoms with Gasteiger partial charge in [0.15, 0.2) is 11.6 Å². The fraction of sp³-hybridized carbons (Fsp3) is 0.320. The molecular weight excluding hydrogens is 473 g/mol. The molecule has 0 bridgehead atoms. The summed E-state index contributed by atoms with van der Waals surface area (Å²) in [5.41, 5.74) is 8.05. The predicted octanol–water partition coefficient (Wildman–Crippen LogP) is 3.78. The van der Waals surface area contributed by atoms with E-state index in [9.17, 15) is 14.0 Å². The van der Waals surface area contributed by atoms with Crippen molar-refractivity contribution in [2.75, 3.05) is 27.2 Å². The number of nitrogens with two attached hydrogens (primary N) is 1. The molecule has 0 atom stereocenters. The van der Waals surface area contributed by atoms with Crippen LogP contribution in [0, 0.1) is 5.82 Å². The molecule has 1 saturated heterocycles. The second-order valence-corrected chi connectivity index (χ2v) is 8.48. The van der Waals surface area contributed by atoms with E-state index in [-0.39, 0.29) is 36.0 Å². The first kappa shape index (κ1) is 26.2. The van der Waals surface area contributed by atoms with Crippen LogP contribution in [-0.2, 0) is 6.54 Å². The molecule has 1 aromatic heterocycles. The van der Waals surface area contributed by atoms with Gasteiger partial charge in [-0.05, 0) is 42.7 Å². The Morgan fingerprint density at radius 1 is 1.20 bits per heavy atom. The molecule has 2 aromatic carbocycles. The van der Waals surface area contributed by atoms with Crippen molar-refractivity contribution in [3.8, 4) is 17.0 Å². The van der Waals surface area contributed by atoms with Gasteiger partial charge in [-0.25, -0.2) is 14.2 Å². The molecule has 0 spiro atoms. The minimum Gasteiger partial charge on any atom is -0.494 e. The fourth-order valence-electron chi connectivity index (χ4n) is 4.27. The summed E-state index contributed by atoms with van der Waals surface area (Å²) >= 11 is 0.